The van der Waals surface area contributed by atoms with Crippen LogP contribution in [0.4, 0.5) is 4.53 Å². The van der Waals surface area contributed by atoms with E-state index in [4.69, 9.17) is 0 Å². The van der Waals surface area contributed by atoms with Gasteiger partial charge in [0, 0.05) is 0 Å². The lowest BCUT2D eigenvalue weighted by Crippen LogP contribution is -2.10. The van der Waals surface area contributed by atoms with Crippen molar-refractivity contribution in [2.45, 2.75) is 20.8 Å². The third-order valence-corrected chi connectivity index (χ3v) is 2.82. The van der Waals surface area contributed by atoms with E-state index in [0.717, 1.165) is 11.1 Å². The fourth-order valence-electron chi connectivity index (χ4n) is 1.14. The van der Waals surface area contributed by atoms with E-state index >= 15 is 0 Å². The number of halogens is 1. The highest BCUT2D eigenvalue weighted by Gasteiger charge is 2.16. The van der Waals surface area contributed by atoms with Crippen LogP contribution < -0.4 is 4.18 Å². The van der Waals surface area contributed by atoms with Gasteiger partial charge in [-0.1, -0.05) is 6.07 Å². The average molecular weight is 234 g/mol. The first-order chi connectivity index (χ1) is 6.87. The standard InChI is InChI=1S/C9H11FO4S/c1-6-4-5-9(8(3)7(6)2)13-15(11,12)14-10/h4-5H,1-3H3. The number of hydrogen-bond acceptors (Lipinski definition) is 4. The van der Waals surface area contributed by atoms with Gasteiger partial charge in [0.2, 0.25) is 0 Å². The van der Waals surface area contributed by atoms with Crippen LogP contribution in [-0.4, -0.2) is 8.42 Å². The minimum atomic E-state index is -4.59. The second kappa shape index (κ2) is 4.16. The quantitative estimate of drug-likeness (QED) is 0.804. The van der Waals surface area contributed by atoms with E-state index in [1.807, 2.05) is 13.8 Å². The average Bonchev–Trinajstić information content (AvgIpc) is 2.19. The molecule has 1 aromatic carbocycles. The maximum absolute atomic E-state index is 11.6. The summed E-state index contributed by atoms with van der Waals surface area (Å²) >= 11 is 0. The zero-order valence-electron chi connectivity index (χ0n) is 8.57. The highest BCUT2D eigenvalue weighted by molar-refractivity contribution is 7.82. The van der Waals surface area contributed by atoms with Gasteiger partial charge in [0.25, 0.3) is 0 Å². The summed E-state index contributed by atoms with van der Waals surface area (Å²) in [6.07, 6.45) is 0. The Morgan fingerprint density at radius 1 is 1.13 bits per heavy atom. The van der Waals surface area contributed by atoms with E-state index in [1.54, 1.807) is 13.0 Å². The van der Waals surface area contributed by atoms with Crippen molar-refractivity contribution >= 4 is 10.4 Å². The van der Waals surface area contributed by atoms with Crippen molar-refractivity contribution in [2.75, 3.05) is 0 Å². The zero-order valence-corrected chi connectivity index (χ0v) is 9.39. The van der Waals surface area contributed by atoms with E-state index in [2.05, 4.69) is 8.57 Å². The number of rotatable bonds is 3. The summed E-state index contributed by atoms with van der Waals surface area (Å²) in [5, 5.41) is 0. The second-order valence-electron chi connectivity index (χ2n) is 3.19. The van der Waals surface area contributed by atoms with Gasteiger partial charge in [0.05, 0.1) is 0 Å². The Labute approximate surface area is 87.9 Å². The van der Waals surface area contributed by atoms with Crippen molar-refractivity contribution in [2.24, 2.45) is 0 Å². The molecule has 0 amide bonds. The van der Waals surface area contributed by atoms with E-state index < -0.39 is 10.4 Å². The van der Waals surface area contributed by atoms with Crippen LogP contribution in [-0.2, 0) is 14.8 Å². The first-order valence-corrected chi connectivity index (χ1v) is 5.52. The molecule has 0 aliphatic heterocycles. The largest absolute Gasteiger partial charge is 0.480 e. The molecular formula is C9H11FO4S. The maximum atomic E-state index is 11.6. The highest BCUT2D eigenvalue weighted by atomic mass is 32.3. The Balaban J connectivity index is 3.13. The molecule has 0 radical (unpaired) electrons. The zero-order chi connectivity index (χ0) is 11.6. The topological polar surface area (TPSA) is 52.6 Å². The molecule has 1 aromatic rings. The molecule has 0 aliphatic rings. The number of aryl methyl sites for hydroxylation is 1. The molecule has 0 bridgehead atoms. The minimum absolute atomic E-state index is 0.0655. The predicted octanol–water partition coefficient (Wildman–Crippen LogP) is 2.14. The molecule has 4 nitrogen and oxygen atoms in total. The normalized spacial score (nSPS) is 11.5. The Morgan fingerprint density at radius 3 is 2.27 bits per heavy atom. The van der Waals surface area contributed by atoms with Crippen LogP contribution in [0.15, 0.2) is 12.1 Å². The van der Waals surface area contributed by atoms with Gasteiger partial charge in [-0.05, 0) is 52.4 Å². The lowest BCUT2D eigenvalue weighted by molar-refractivity contribution is -0.00951. The van der Waals surface area contributed by atoms with Crippen molar-refractivity contribution < 1.29 is 21.5 Å². The Bertz CT molecular complexity index is 467. The summed E-state index contributed by atoms with van der Waals surface area (Å²) in [7, 11) is -4.59. The third-order valence-electron chi connectivity index (χ3n) is 2.28. The summed E-state index contributed by atoms with van der Waals surface area (Å²) in [6, 6.07) is 3.14. The Kier molecular flexibility index (Phi) is 3.31. The summed E-state index contributed by atoms with van der Waals surface area (Å²) in [5.74, 6) is 0.0655. The van der Waals surface area contributed by atoms with Crippen molar-refractivity contribution in [3.63, 3.8) is 0 Å². The van der Waals surface area contributed by atoms with E-state index in [9.17, 15) is 12.9 Å². The molecule has 0 N–H and O–H groups in total. The van der Waals surface area contributed by atoms with Gasteiger partial charge < -0.3 is 4.18 Å². The van der Waals surface area contributed by atoms with Crippen molar-refractivity contribution in [1.29, 1.82) is 0 Å². The molecule has 0 spiro atoms. The monoisotopic (exact) mass is 234 g/mol. The van der Waals surface area contributed by atoms with Crippen LogP contribution in [0, 0.1) is 20.8 Å². The molecule has 1 rings (SSSR count). The highest BCUT2D eigenvalue weighted by Crippen LogP contribution is 2.25. The van der Waals surface area contributed by atoms with Gasteiger partial charge in [0.1, 0.15) is 5.75 Å². The smallest absolute Gasteiger partial charge is 0.360 e. The Hall–Kier alpha value is -1.14. The van der Waals surface area contributed by atoms with E-state index in [-0.39, 0.29) is 5.75 Å². The second-order valence-corrected chi connectivity index (χ2v) is 4.29. The Morgan fingerprint density at radius 2 is 1.73 bits per heavy atom. The molecule has 0 saturated heterocycles. The minimum Gasteiger partial charge on any atom is -0.360 e. The molecule has 0 saturated carbocycles. The van der Waals surface area contributed by atoms with Gasteiger partial charge >= 0.3 is 10.4 Å². The van der Waals surface area contributed by atoms with Crippen LogP contribution in [0.25, 0.3) is 0 Å². The van der Waals surface area contributed by atoms with E-state index in [1.165, 1.54) is 6.07 Å². The molecular weight excluding hydrogens is 223 g/mol. The van der Waals surface area contributed by atoms with Gasteiger partial charge in [-0.25, -0.2) is 0 Å². The van der Waals surface area contributed by atoms with Crippen molar-refractivity contribution in [3.05, 3.63) is 28.8 Å². The molecule has 15 heavy (non-hydrogen) atoms. The van der Waals surface area contributed by atoms with Crippen LogP contribution in [0.3, 0.4) is 0 Å². The third kappa shape index (κ3) is 2.66. The van der Waals surface area contributed by atoms with Gasteiger partial charge in [-0.3, -0.25) is 0 Å². The summed E-state index contributed by atoms with van der Waals surface area (Å²) in [5.41, 5.74) is 2.52. The van der Waals surface area contributed by atoms with Crippen LogP contribution in [0.1, 0.15) is 16.7 Å². The molecule has 0 heterocycles. The molecule has 0 unspecified atom stereocenters. The molecule has 0 fully saturated rings. The van der Waals surface area contributed by atoms with Crippen molar-refractivity contribution in [1.82, 2.24) is 0 Å². The first-order valence-electron chi connectivity index (χ1n) is 4.19. The van der Waals surface area contributed by atoms with Crippen LogP contribution in [0.2, 0.25) is 0 Å². The molecule has 0 atom stereocenters. The SMILES string of the molecule is Cc1ccc(OS(=O)(=O)OF)c(C)c1C. The molecule has 6 heteroatoms. The molecule has 84 valence electrons. The van der Waals surface area contributed by atoms with Crippen LogP contribution in [0.5, 0.6) is 5.75 Å². The molecule has 0 aliphatic carbocycles. The van der Waals surface area contributed by atoms with Gasteiger partial charge in [0.15, 0.2) is 0 Å². The van der Waals surface area contributed by atoms with Crippen LogP contribution >= 0.6 is 0 Å². The fraction of sp³-hybridized carbons (Fsp3) is 0.333. The lowest BCUT2D eigenvalue weighted by Gasteiger charge is -2.09. The van der Waals surface area contributed by atoms with Gasteiger partial charge in [-0.15, -0.1) is 0 Å². The maximum Gasteiger partial charge on any atom is 0.480 e. The predicted molar refractivity (Wildman–Crippen MR) is 52.4 cm³/mol. The van der Waals surface area contributed by atoms with E-state index in [0.29, 0.717) is 5.56 Å². The summed E-state index contributed by atoms with van der Waals surface area (Å²) in [6.45, 7) is 5.39. The lowest BCUT2D eigenvalue weighted by atomic mass is 10.0. The fourth-order valence-corrected chi connectivity index (χ4v) is 1.57. The summed E-state index contributed by atoms with van der Waals surface area (Å²) in [4.78, 5) is 0. The first kappa shape index (κ1) is 11.9. The number of hydrogen-bond donors (Lipinski definition) is 0. The number of benzene rings is 1. The summed E-state index contributed by atoms with van der Waals surface area (Å²) < 4.78 is 40.1. The van der Waals surface area contributed by atoms with Crippen molar-refractivity contribution in [3.8, 4) is 5.75 Å². The van der Waals surface area contributed by atoms with Gasteiger partial charge in [-0.2, -0.15) is 8.42 Å². The molecule has 0 aromatic heterocycles.